The summed E-state index contributed by atoms with van der Waals surface area (Å²) in [6.45, 7) is 1.99. The fourth-order valence-corrected chi connectivity index (χ4v) is 3.31. The molecule has 1 aliphatic rings. The van der Waals surface area contributed by atoms with Crippen LogP contribution in [0, 0.1) is 12.7 Å². The minimum Gasteiger partial charge on any atom is -0.459 e. The second kappa shape index (κ2) is 7.75. The van der Waals surface area contributed by atoms with E-state index in [0.717, 1.165) is 5.56 Å². The van der Waals surface area contributed by atoms with Crippen molar-refractivity contribution in [3.8, 4) is 0 Å². The summed E-state index contributed by atoms with van der Waals surface area (Å²) in [4.78, 5) is 5.49. The number of aliphatic imine (C=N–C) groups is 1. The summed E-state index contributed by atoms with van der Waals surface area (Å²) in [6.07, 6.45) is -3.58. The molecule has 1 fully saturated rings. The van der Waals surface area contributed by atoms with Crippen molar-refractivity contribution in [2.75, 3.05) is 26.7 Å². The third-order valence-corrected chi connectivity index (χ3v) is 4.65. The van der Waals surface area contributed by atoms with Gasteiger partial charge in [0.1, 0.15) is 17.2 Å². The maximum absolute atomic E-state index is 13.4. The maximum atomic E-state index is 13.4. The van der Waals surface area contributed by atoms with Gasteiger partial charge in [0.2, 0.25) is 0 Å². The van der Waals surface area contributed by atoms with E-state index >= 15 is 0 Å². The molecule has 2 N–H and O–H groups in total. The molecule has 0 aliphatic carbocycles. The molecule has 0 bridgehead atoms. The number of guanidine groups is 1. The first kappa shape index (κ1) is 19.5. The topological polar surface area (TPSA) is 52.8 Å². The minimum atomic E-state index is -4.19. The zero-order valence-corrected chi connectivity index (χ0v) is 15.2. The van der Waals surface area contributed by atoms with E-state index < -0.39 is 12.7 Å². The first-order chi connectivity index (χ1) is 12.7. The largest absolute Gasteiger partial charge is 0.459 e. The monoisotopic (exact) mass is 386 g/mol. The van der Waals surface area contributed by atoms with Crippen LogP contribution in [0.3, 0.4) is 0 Å². The Kier molecular flexibility index (Phi) is 5.59. The van der Waals surface area contributed by atoms with Crippen LogP contribution in [0.15, 0.2) is 27.6 Å². The van der Waals surface area contributed by atoms with Crippen molar-refractivity contribution in [2.24, 2.45) is 4.99 Å². The number of halogens is 4. The van der Waals surface area contributed by atoms with Crippen LogP contribution in [0.1, 0.15) is 17.7 Å². The molecule has 0 radical (unpaired) electrons. The van der Waals surface area contributed by atoms with Crippen molar-refractivity contribution in [3.05, 3.63) is 35.3 Å². The first-order valence-electron chi connectivity index (χ1n) is 8.69. The quantitative estimate of drug-likeness (QED) is 0.482. The number of aryl methyl sites for hydroxylation is 1. The smallest absolute Gasteiger partial charge is 0.401 e. The van der Waals surface area contributed by atoms with Gasteiger partial charge in [0.25, 0.3) is 0 Å². The number of alkyl halides is 3. The lowest BCUT2D eigenvalue weighted by Gasteiger charge is -2.19. The number of nitrogens with zero attached hydrogens (tertiary/aromatic N) is 2. The van der Waals surface area contributed by atoms with E-state index in [1.807, 2.05) is 6.92 Å². The average molecular weight is 386 g/mol. The molecule has 0 saturated carbocycles. The molecule has 0 spiro atoms. The molecular weight excluding hydrogens is 364 g/mol. The maximum Gasteiger partial charge on any atom is 0.401 e. The first-order valence-corrected chi connectivity index (χ1v) is 8.69. The molecule has 27 heavy (non-hydrogen) atoms. The molecule has 9 heteroatoms. The average Bonchev–Trinajstić information content (AvgIpc) is 3.14. The van der Waals surface area contributed by atoms with Gasteiger partial charge in [0.15, 0.2) is 5.96 Å². The van der Waals surface area contributed by atoms with Crippen molar-refractivity contribution in [1.29, 1.82) is 0 Å². The third-order valence-electron chi connectivity index (χ3n) is 4.65. The van der Waals surface area contributed by atoms with Gasteiger partial charge in [-0.1, -0.05) is 0 Å². The van der Waals surface area contributed by atoms with Crippen LogP contribution in [0.2, 0.25) is 0 Å². The van der Waals surface area contributed by atoms with Crippen molar-refractivity contribution < 1.29 is 22.0 Å². The number of benzene rings is 1. The predicted octanol–water partition coefficient (Wildman–Crippen LogP) is 3.18. The Hall–Kier alpha value is -2.29. The van der Waals surface area contributed by atoms with E-state index in [2.05, 4.69) is 15.6 Å². The molecular formula is C18H22F4N4O. The van der Waals surface area contributed by atoms with Crippen LogP contribution in [0.25, 0.3) is 11.0 Å². The summed E-state index contributed by atoms with van der Waals surface area (Å²) in [6, 6.07) is 4.25. The molecule has 2 aromatic rings. The van der Waals surface area contributed by atoms with Crippen LogP contribution in [0.5, 0.6) is 0 Å². The SMILES string of the molecule is CN=C(NCc1oc2ccc(F)cc2c1C)NC1CCN(CC(F)(F)F)C1. The summed E-state index contributed by atoms with van der Waals surface area (Å²) in [7, 11) is 1.60. The van der Waals surface area contributed by atoms with E-state index in [1.165, 1.54) is 17.0 Å². The molecule has 2 heterocycles. The van der Waals surface area contributed by atoms with E-state index in [1.54, 1.807) is 13.1 Å². The third kappa shape index (κ3) is 4.91. The molecule has 1 unspecified atom stereocenters. The van der Waals surface area contributed by atoms with Crippen LogP contribution < -0.4 is 10.6 Å². The van der Waals surface area contributed by atoms with Crippen LogP contribution >= 0.6 is 0 Å². The lowest BCUT2D eigenvalue weighted by Crippen LogP contribution is -2.44. The summed E-state index contributed by atoms with van der Waals surface area (Å²) < 4.78 is 56.6. The Balaban J connectivity index is 1.57. The summed E-state index contributed by atoms with van der Waals surface area (Å²) in [5.74, 6) is 0.816. The Morgan fingerprint density at radius 1 is 1.37 bits per heavy atom. The highest BCUT2D eigenvalue weighted by molar-refractivity contribution is 5.83. The molecule has 1 aromatic heterocycles. The number of rotatable bonds is 4. The number of furan rings is 1. The van der Waals surface area contributed by atoms with Gasteiger partial charge in [0, 0.05) is 37.1 Å². The normalized spacial score (nSPS) is 19.0. The Morgan fingerprint density at radius 3 is 2.85 bits per heavy atom. The summed E-state index contributed by atoms with van der Waals surface area (Å²) in [5.41, 5.74) is 1.44. The Bertz CT molecular complexity index is 831. The van der Waals surface area contributed by atoms with E-state index in [9.17, 15) is 17.6 Å². The highest BCUT2D eigenvalue weighted by Crippen LogP contribution is 2.26. The van der Waals surface area contributed by atoms with Gasteiger partial charge in [0.05, 0.1) is 13.1 Å². The van der Waals surface area contributed by atoms with E-state index in [0.29, 0.717) is 48.7 Å². The van der Waals surface area contributed by atoms with Crippen molar-refractivity contribution >= 4 is 16.9 Å². The lowest BCUT2D eigenvalue weighted by atomic mass is 10.1. The molecule has 1 aromatic carbocycles. The summed E-state index contributed by atoms with van der Waals surface area (Å²) >= 11 is 0. The van der Waals surface area contributed by atoms with Gasteiger partial charge in [-0.15, -0.1) is 0 Å². The fraction of sp³-hybridized carbons (Fsp3) is 0.500. The van der Waals surface area contributed by atoms with Crippen LogP contribution in [-0.2, 0) is 6.54 Å². The second-order valence-corrected chi connectivity index (χ2v) is 6.70. The molecule has 0 amide bonds. The van der Waals surface area contributed by atoms with Gasteiger partial charge >= 0.3 is 6.18 Å². The van der Waals surface area contributed by atoms with Gasteiger partial charge in [-0.05, 0) is 31.5 Å². The fourth-order valence-electron chi connectivity index (χ4n) is 3.31. The van der Waals surface area contributed by atoms with Crippen molar-refractivity contribution in [2.45, 2.75) is 32.1 Å². The second-order valence-electron chi connectivity index (χ2n) is 6.70. The van der Waals surface area contributed by atoms with Crippen LogP contribution in [0.4, 0.5) is 17.6 Å². The number of hydrogen-bond acceptors (Lipinski definition) is 3. The predicted molar refractivity (Wildman–Crippen MR) is 95.1 cm³/mol. The Labute approximate surface area is 154 Å². The molecule has 148 valence electrons. The standard InChI is InChI=1S/C18H22F4N4O/c1-11-14-7-12(19)3-4-15(14)27-16(11)8-24-17(23-2)25-13-5-6-26(9-13)10-18(20,21)22/h3-4,7,13H,5-6,8-10H2,1-2H3,(H2,23,24,25). The molecule has 1 atom stereocenters. The van der Waals surface area contributed by atoms with Gasteiger partial charge < -0.3 is 15.1 Å². The van der Waals surface area contributed by atoms with Crippen molar-refractivity contribution in [3.63, 3.8) is 0 Å². The zero-order chi connectivity index (χ0) is 19.6. The molecule has 1 aliphatic heterocycles. The van der Waals surface area contributed by atoms with Crippen LogP contribution in [-0.4, -0.2) is 49.8 Å². The lowest BCUT2D eigenvalue weighted by molar-refractivity contribution is -0.143. The number of nitrogens with one attached hydrogen (secondary N) is 2. The van der Waals surface area contributed by atoms with Crippen molar-refractivity contribution in [1.82, 2.24) is 15.5 Å². The minimum absolute atomic E-state index is 0.107. The highest BCUT2D eigenvalue weighted by Gasteiger charge is 2.34. The molecule has 5 nitrogen and oxygen atoms in total. The Morgan fingerprint density at radius 2 is 2.15 bits per heavy atom. The van der Waals surface area contributed by atoms with E-state index in [-0.39, 0.29) is 11.9 Å². The zero-order valence-electron chi connectivity index (χ0n) is 15.2. The molecule has 1 saturated heterocycles. The van der Waals surface area contributed by atoms with Gasteiger partial charge in [-0.2, -0.15) is 13.2 Å². The summed E-state index contributed by atoms with van der Waals surface area (Å²) in [5, 5.41) is 6.96. The highest BCUT2D eigenvalue weighted by atomic mass is 19.4. The van der Waals surface area contributed by atoms with E-state index in [4.69, 9.17) is 4.42 Å². The molecule has 3 rings (SSSR count). The van der Waals surface area contributed by atoms with Gasteiger partial charge in [-0.25, -0.2) is 4.39 Å². The number of fused-ring (bicyclic) bond motifs is 1. The number of hydrogen-bond donors (Lipinski definition) is 2. The number of likely N-dealkylation sites (tertiary alicyclic amines) is 1. The van der Waals surface area contributed by atoms with Gasteiger partial charge in [-0.3, -0.25) is 9.89 Å².